The lowest BCUT2D eigenvalue weighted by Crippen LogP contribution is -2.31. The van der Waals surface area contributed by atoms with Gasteiger partial charge < -0.3 is 19.5 Å². The molecule has 1 amide bonds. The van der Waals surface area contributed by atoms with Crippen LogP contribution in [0.4, 0.5) is 0 Å². The molecule has 0 aliphatic carbocycles. The van der Waals surface area contributed by atoms with E-state index in [-0.39, 0.29) is 11.3 Å². The van der Waals surface area contributed by atoms with Gasteiger partial charge in [-0.05, 0) is 60.2 Å². The average molecular weight is 514 g/mol. The van der Waals surface area contributed by atoms with Crippen molar-refractivity contribution in [2.24, 2.45) is 0 Å². The summed E-state index contributed by atoms with van der Waals surface area (Å²) in [5.41, 5.74) is 4.72. The van der Waals surface area contributed by atoms with Crippen molar-refractivity contribution in [1.82, 2.24) is 4.90 Å². The number of hydrogen-bond acceptors (Lipinski definition) is 5. The van der Waals surface area contributed by atoms with Gasteiger partial charge >= 0.3 is 0 Å². The molecule has 6 heteroatoms. The predicted octanol–water partition coefficient (Wildman–Crippen LogP) is 6.16. The van der Waals surface area contributed by atoms with Gasteiger partial charge in [-0.25, -0.2) is 0 Å². The smallest absolute Gasteiger partial charge is 0.295 e. The van der Waals surface area contributed by atoms with Crippen molar-refractivity contribution in [2.75, 3.05) is 20.3 Å². The highest BCUT2D eigenvalue weighted by Crippen LogP contribution is 2.40. The maximum absolute atomic E-state index is 13.2. The van der Waals surface area contributed by atoms with E-state index < -0.39 is 17.7 Å². The van der Waals surface area contributed by atoms with Crippen molar-refractivity contribution in [3.05, 3.63) is 106 Å². The minimum atomic E-state index is -0.683. The molecule has 6 nitrogen and oxygen atoms in total. The van der Waals surface area contributed by atoms with Gasteiger partial charge in [-0.15, -0.1) is 0 Å². The molecule has 1 aliphatic rings. The lowest BCUT2D eigenvalue weighted by molar-refractivity contribution is -0.140. The van der Waals surface area contributed by atoms with Crippen molar-refractivity contribution >= 4 is 17.4 Å². The summed E-state index contributed by atoms with van der Waals surface area (Å²) in [5.74, 6) is -0.496. The minimum absolute atomic E-state index is 0.0955. The maximum atomic E-state index is 13.2. The van der Waals surface area contributed by atoms with Crippen LogP contribution in [0.5, 0.6) is 5.75 Å². The average Bonchev–Trinajstić information content (AvgIpc) is 3.17. The van der Waals surface area contributed by atoms with Crippen molar-refractivity contribution in [1.29, 1.82) is 0 Å². The van der Waals surface area contributed by atoms with Gasteiger partial charge in [0.05, 0.1) is 11.6 Å². The van der Waals surface area contributed by atoms with Crippen LogP contribution < -0.4 is 4.74 Å². The van der Waals surface area contributed by atoms with Crippen molar-refractivity contribution in [2.45, 2.75) is 45.8 Å². The number of rotatable bonds is 10. The Morgan fingerprint density at radius 2 is 1.71 bits per heavy atom. The van der Waals surface area contributed by atoms with Gasteiger partial charge in [0, 0.05) is 25.8 Å². The van der Waals surface area contributed by atoms with Gasteiger partial charge in [-0.2, -0.15) is 0 Å². The zero-order chi connectivity index (χ0) is 27.2. The van der Waals surface area contributed by atoms with E-state index >= 15 is 0 Å². The number of hydrogen-bond donors (Lipinski definition) is 1. The summed E-state index contributed by atoms with van der Waals surface area (Å²) < 4.78 is 11.1. The van der Waals surface area contributed by atoms with Crippen LogP contribution >= 0.6 is 0 Å². The maximum Gasteiger partial charge on any atom is 0.295 e. The van der Waals surface area contributed by atoms with Crippen molar-refractivity contribution in [3.63, 3.8) is 0 Å². The van der Waals surface area contributed by atoms with Gasteiger partial charge in [0.2, 0.25) is 0 Å². The Bertz CT molecular complexity index is 1310. The normalized spacial score (nSPS) is 16.9. The summed E-state index contributed by atoms with van der Waals surface area (Å²) >= 11 is 0. The molecule has 198 valence electrons. The lowest BCUT2D eigenvalue weighted by Gasteiger charge is -2.25. The molecule has 1 unspecified atom stereocenters. The molecule has 4 rings (SSSR count). The van der Waals surface area contributed by atoms with E-state index in [2.05, 4.69) is 19.9 Å². The number of ketones is 1. The Morgan fingerprint density at radius 1 is 1.00 bits per heavy atom. The molecule has 1 N–H and O–H groups in total. The molecular weight excluding hydrogens is 478 g/mol. The van der Waals surface area contributed by atoms with Crippen LogP contribution in [0.15, 0.2) is 78.4 Å². The number of likely N-dealkylation sites (tertiary alicyclic amines) is 1. The first-order valence-electron chi connectivity index (χ1n) is 13.0. The second-order valence-electron chi connectivity index (χ2n) is 9.96. The van der Waals surface area contributed by atoms with Gasteiger partial charge in [0.15, 0.2) is 0 Å². The van der Waals surface area contributed by atoms with E-state index in [1.165, 1.54) is 10.5 Å². The van der Waals surface area contributed by atoms with Crippen LogP contribution in [0.1, 0.15) is 60.0 Å². The summed E-state index contributed by atoms with van der Waals surface area (Å²) in [6.45, 7) is 7.49. The molecule has 1 fully saturated rings. The number of benzene rings is 3. The van der Waals surface area contributed by atoms with Gasteiger partial charge in [-0.1, -0.05) is 67.9 Å². The fourth-order valence-electron chi connectivity index (χ4n) is 4.73. The Kier molecular flexibility index (Phi) is 8.64. The monoisotopic (exact) mass is 513 g/mol. The molecule has 0 saturated carbocycles. The van der Waals surface area contributed by atoms with Gasteiger partial charge in [0.1, 0.15) is 18.1 Å². The summed E-state index contributed by atoms with van der Waals surface area (Å²) in [5, 5.41) is 11.3. The summed E-state index contributed by atoms with van der Waals surface area (Å²) in [7, 11) is 1.60. The van der Waals surface area contributed by atoms with E-state index in [0.29, 0.717) is 43.4 Å². The fourth-order valence-corrected chi connectivity index (χ4v) is 4.73. The SMILES string of the molecule is COCCCN1C(=O)C(=O)/C(=C(\O)c2ccc(OCc3cccc(C)c3)cc2)C1c1ccc(C(C)C)cc1. The number of Topliss-reactive ketones (excluding diaryl/α,β-unsaturated/α-hetero) is 1. The molecule has 0 bridgehead atoms. The van der Waals surface area contributed by atoms with E-state index in [9.17, 15) is 14.7 Å². The number of methoxy groups -OCH3 is 1. The first kappa shape index (κ1) is 27.1. The molecule has 1 heterocycles. The first-order chi connectivity index (χ1) is 18.3. The van der Waals surface area contributed by atoms with Crippen LogP contribution in [0, 0.1) is 6.92 Å². The Hall–Kier alpha value is -3.90. The lowest BCUT2D eigenvalue weighted by atomic mass is 9.93. The number of nitrogens with zero attached hydrogens (tertiary/aromatic N) is 1. The number of amides is 1. The molecule has 38 heavy (non-hydrogen) atoms. The van der Waals surface area contributed by atoms with Crippen molar-refractivity contribution in [3.8, 4) is 5.75 Å². The molecule has 0 radical (unpaired) electrons. The molecule has 0 aromatic heterocycles. The standard InChI is InChI=1S/C32H35NO5/c1-21(2)24-9-11-25(12-10-24)29-28(31(35)32(36)33(29)17-6-18-37-4)30(34)26-13-15-27(16-14-26)38-20-23-8-5-7-22(3)19-23/h5,7-16,19,21,29,34H,6,17-18,20H2,1-4H3/b30-28-. The largest absolute Gasteiger partial charge is 0.507 e. The number of aryl methyl sites for hydroxylation is 1. The molecule has 3 aromatic rings. The van der Waals surface area contributed by atoms with E-state index in [1.807, 2.05) is 49.4 Å². The highest BCUT2D eigenvalue weighted by Gasteiger charge is 2.45. The highest BCUT2D eigenvalue weighted by atomic mass is 16.5. The zero-order valence-corrected chi connectivity index (χ0v) is 22.4. The van der Waals surface area contributed by atoms with Crippen molar-refractivity contribution < 1.29 is 24.2 Å². The van der Waals surface area contributed by atoms with E-state index in [4.69, 9.17) is 9.47 Å². The van der Waals surface area contributed by atoms with Crippen LogP contribution in [-0.4, -0.2) is 42.0 Å². The summed E-state index contributed by atoms with van der Waals surface area (Å²) in [6, 6.07) is 22.2. The first-order valence-corrected chi connectivity index (χ1v) is 13.0. The predicted molar refractivity (Wildman–Crippen MR) is 148 cm³/mol. The van der Waals surface area contributed by atoms with Gasteiger partial charge in [0.25, 0.3) is 11.7 Å². The number of carbonyl (C=O) groups is 2. The number of aliphatic hydroxyl groups excluding tert-OH is 1. The Balaban J connectivity index is 1.64. The topological polar surface area (TPSA) is 76.1 Å². The quantitative estimate of drug-likeness (QED) is 0.152. The molecule has 1 atom stereocenters. The van der Waals surface area contributed by atoms with Crippen LogP contribution in [-0.2, 0) is 20.9 Å². The molecule has 1 saturated heterocycles. The number of ether oxygens (including phenoxy) is 2. The Labute approximate surface area is 224 Å². The number of aliphatic hydroxyl groups is 1. The summed E-state index contributed by atoms with van der Waals surface area (Å²) in [4.78, 5) is 27.8. The molecular formula is C32H35NO5. The second kappa shape index (κ2) is 12.1. The second-order valence-corrected chi connectivity index (χ2v) is 9.96. The van der Waals surface area contributed by atoms with Crippen LogP contribution in [0.3, 0.4) is 0 Å². The molecule has 0 spiro atoms. The molecule has 1 aliphatic heterocycles. The fraction of sp³-hybridized carbons (Fsp3) is 0.312. The third-order valence-electron chi connectivity index (χ3n) is 6.82. The minimum Gasteiger partial charge on any atom is -0.507 e. The number of carbonyl (C=O) groups excluding carboxylic acids is 2. The van der Waals surface area contributed by atoms with Gasteiger partial charge in [-0.3, -0.25) is 9.59 Å². The third kappa shape index (κ3) is 5.97. The van der Waals surface area contributed by atoms with Crippen LogP contribution in [0.2, 0.25) is 0 Å². The Morgan fingerprint density at radius 3 is 2.34 bits per heavy atom. The van der Waals surface area contributed by atoms with E-state index in [0.717, 1.165) is 16.7 Å². The zero-order valence-electron chi connectivity index (χ0n) is 22.4. The molecule has 3 aromatic carbocycles. The summed E-state index contributed by atoms with van der Waals surface area (Å²) in [6.07, 6.45) is 0.580. The highest BCUT2D eigenvalue weighted by molar-refractivity contribution is 6.46. The third-order valence-corrected chi connectivity index (χ3v) is 6.82. The van der Waals surface area contributed by atoms with E-state index in [1.54, 1.807) is 31.4 Å². The van der Waals surface area contributed by atoms with Crippen LogP contribution in [0.25, 0.3) is 5.76 Å².